The molecule has 0 saturated carbocycles. The number of benzene rings is 1. The Bertz CT molecular complexity index is 412. The SMILES string of the molecule is COc1cc(OC)cc(C(=O)NC(CBr)C(C)C)c1. The molecule has 1 rings (SSSR count). The van der Waals surface area contributed by atoms with Gasteiger partial charge in [-0.05, 0) is 18.1 Å². The van der Waals surface area contributed by atoms with Crippen molar-refractivity contribution in [1.29, 1.82) is 0 Å². The van der Waals surface area contributed by atoms with Crippen LogP contribution in [-0.2, 0) is 0 Å². The van der Waals surface area contributed by atoms with E-state index in [2.05, 4.69) is 35.1 Å². The number of nitrogens with one attached hydrogen (secondary N) is 1. The zero-order chi connectivity index (χ0) is 14.4. The number of carbonyl (C=O) groups excluding carboxylic acids is 1. The maximum absolute atomic E-state index is 12.2. The molecule has 0 bridgehead atoms. The van der Waals surface area contributed by atoms with Crippen LogP contribution < -0.4 is 14.8 Å². The van der Waals surface area contributed by atoms with Crippen molar-refractivity contribution in [3.8, 4) is 11.5 Å². The van der Waals surface area contributed by atoms with Gasteiger partial charge in [-0.15, -0.1) is 0 Å². The van der Waals surface area contributed by atoms with Crippen LogP contribution in [0.2, 0.25) is 0 Å². The maximum Gasteiger partial charge on any atom is 0.251 e. The van der Waals surface area contributed by atoms with E-state index in [4.69, 9.17) is 9.47 Å². The van der Waals surface area contributed by atoms with Crippen molar-refractivity contribution in [3.05, 3.63) is 23.8 Å². The summed E-state index contributed by atoms with van der Waals surface area (Å²) in [6, 6.07) is 5.22. The minimum atomic E-state index is -0.129. The number of carbonyl (C=O) groups is 1. The van der Waals surface area contributed by atoms with Crippen LogP contribution in [0.4, 0.5) is 0 Å². The second-order valence-corrected chi connectivity index (χ2v) is 5.23. The van der Waals surface area contributed by atoms with E-state index in [1.165, 1.54) is 0 Å². The molecule has 1 atom stereocenters. The summed E-state index contributed by atoms with van der Waals surface area (Å²) in [5, 5.41) is 3.71. The lowest BCUT2D eigenvalue weighted by Gasteiger charge is -2.20. The maximum atomic E-state index is 12.2. The number of amides is 1. The van der Waals surface area contributed by atoms with Gasteiger partial charge in [0.1, 0.15) is 11.5 Å². The Morgan fingerprint density at radius 1 is 1.21 bits per heavy atom. The summed E-state index contributed by atoms with van der Waals surface area (Å²) in [6.45, 7) is 4.14. The molecule has 0 radical (unpaired) electrons. The van der Waals surface area contributed by atoms with Crippen molar-refractivity contribution in [2.45, 2.75) is 19.9 Å². The van der Waals surface area contributed by atoms with E-state index in [1.807, 2.05) is 0 Å². The van der Waals surface area contributed by atoms with Crippen LogP contribution in [-0.4, -0.2) is 31.5 Å². The molecule has 1 aromatic rings. The molecule has 5 heteroatoms. The van der Waals surface area contributed by atoms with Gasteiger partial charge in [0.05, 0.1) is 14.2 Å². The molecule has 0 aliphatic heterocycles. The Labute approximate surface area is 122 Å². The van der Waals surface area contributed by atoms with Crippen molar-refractivity contribution >= 4 is 21.8 Å². The zero-order valence-electron chi connectivity index (χ0n) is 11.7. The summed E-state index contributed by atoms with van der Waals surface area (Å²) in [5.41, 5.74) is 0.530. The van der Waals surface area contributed by atoms with Gasteiger partial charge in [-0.2, -0.15) is 0 Å². The number of rotatable bonds is 6. The Hall–Kier alpha value is -1.23. The smallest absolute Gasteiger partial charge is 0.251 e. The number of ether oxygens (including phenoxy) is 2. The molecule has 0 heterocycles. The zero-order valence-corrected chi connectivity index (χ0v) is 13.3. The third-order valence-electron chi connectivity index (χ3n) is 2.90. The van der Waals surface area contributed by atoms with Gasteiger partial charge in [-0.3, -0.25) is 4.79 Å². The lowest BCUT2D eigenvalue weighted by Crippen LogP contribution is -2.39. The summed E-state index contributed by atoms with van der Waals surface area (Å²) < 4.78 is 10.3. The fourth-order valence-electron chi connectivity index (χ4n) is 1.57. The lowest BCUT2D eigenvalue weighted by atomic mass is 10.1. The monoisotopic (exact) mass is 329 g/mol. The molecule has 1 amide bonds. The van der Waals surface area contributed by atoms with Gasteiger partial charge >= 0.3 is 0 Å². The van der Waals surface area contributed by atoms with Crippen LogP contribution in [0.15, 0.2) is 18.2 Å². The summed E-state index contributed by atoms with van der Waals surface area (Å²) in [7, 11) is 3.12. The molecule has 1 unspecified atom stereocenters. The minimum Gasteiger partial charge on any atom is -0.497 e. The Morgan fingerprint density at radius 2 is 1.74 bits per heavy atom. The van der Waals surface area contributed by atoms with Crippen molar-refractivity contribution in [3.63, 3.8) is 0 Å². The third-order valence-corrected chi connectivity index (χ3v) is 3.60. The Kier molecular flexibility index (Phi) is 6.15. The topological polar surface area (TPSA) is 47.6 Å². The van der Waals surface area contributed by atoms with Gasteiger partial charge in [-0.1, -0.05) is 29.8 Å². The number of alkyl halides is 1. The fourth-order valence-corrected chi connectivity index (χ4v) is 2.48. The second-order valence-electron chi connectivity index (χ2n) is 4.58. The standard InChI is InChI=1S/C14H20BrNO3/c1-9(2)13(8-15)16-14(17)10-5-11(18-3)7-12(6-10)19-4/h5-7,9,13H,8H2,1-4H3,(H,16,17). The van der Waals surface area contributed by atoms with Crippen LogP contribution in [0.25, 0.3) is 0 Å². The molecular weight excluding hydrogens is 310 g/mol. The van der Waals surface area contributed by atoms with E-state index in [1.54, 1.807) is 32.4 Å². The average Bonchev–Trinajstić information content (AvgIpc) is 2.43. The van der Waals surface area contributed by atoms with Gasteiger partial charge in [0.25, 0.3) is 5.91 Å². The first kappa shape index (κ1) is 15.8. The highest BCUT2D eigenvalue weighted by Gasteiger charge is 2.17. The predicted molar refractivity (Wildman–Crippen MR) is 79.4 cm³/mol. The quantitative estimate of drug-likeness (QED) is 0.816. The Balaban J connectivity index is 2.92. The summed E-state index contributed by atoms with van der Waals surface area (Å²) in [6.07, 6.45) is 0. The van der Waals surface area contributed by atoms with Gasteiger partial charge in [-0.25, -0.2) is 0 Å². The molecule has 0 fully saturated rings. The van der Waals surface area contributed by atoms with Gasteiger partial charge < -0.3 is 14.8 Å². The summed E-state index contributed by atoms with van der Waals surface area (Å²) >= 11 is 3.41. The van der Waals surface area contributed by atoms with E-state index in [-0.39, 0.29) is 11.9 Å². The molecule has 0 aliphatic carbocycles. The lowest BCUT2D eigenvalue weighted by molar-refractivity contribution is 0.0931. The molecule has 1 N–H and O–H groups in total. The Morgan fingerprint density at radius 3 is 2.11 bits per heavy atom. The number of hydrogen-bond acceptors (Lipinski definition) is 3. The molecular formula is C14H20BrNO3. The van der Waals surface area contributed by atoms with E-state index < -0.39 is 0 Å². The molecule has 0 aliphatic rings. The molecule has 0 aromatic heterocycles. The van der Waals surface area contributed by atoms with Crippen LogP contribution in [0.3, 0.4) is 0 Å². The first-order valence-corrected chi connectivity index (χ1v) is 7.23. The van der Waals surface area contributed by atoms with Crippen molar-refractivity contribution in [2.24, 2.45) is 5.92 Å². The summed E-state index contributed by atoms with van der Waals surface area (Å²) in [5.74, 6) is 1.43. The predicted octanol–water partition coefficient (Wildman–Crippen LogP) is 2.85. The second kappa shape index (κ2) is 7.38. The molecule has 0 spiro atoms. The molecule has 1 aromatic carbocycles. The number of hydrogen-bond donors (Lipinski definition) is 1. The fraction of sp³-hybridized carbons (Fsp3) is 0.500. The van der Waals surface area contributed by atoms with Crippen LogP contribution in [0, 0.1) is 5.92 Å². The first-order valence-electron chi connectivity index (χ1n) is 6.11. The van der Waals surface area contributed by atoms with Gasteiger partial charge in [0.2, 0.25) is 0 Å². The van der Waals surface area contributed by atoms with E-state index in [9.17, 15) is 4.79 Å². The molecule has 4 nitrogen and oxygen atoms in total. The van der Waals surface area contributed by atoms with Crippen LogP contribution >= 0.6 is 15.9 Å². The highest BCUT2D eigenvalue weighted by atomic mass is 79.9. The molecule has 19 heavy (non-hydrogen) atoms. The largest absolute Gasteiger partial charge is 0.497 e. The van der Waals surface area contributed by atoms with Gasteiger partial charge in [0, 0.05) is 23.0 Å². The third kappa shape index (κ3) is 4.42. The normalized spacial score (nSPS) is 12.1. The number of halogens is 1. The van der Waals surface area contributed by atoms with E-state index >= 15 is 0 Å². The van der Waals surface area contributed by atoms with E-state index in [0.29, 0.717) is 23.0 Å². The van der Waals surface area contributed by atoms with Crippen molar-refractivity contribution in [1.82, 2.24) is 5.32 Å². The molecule has 106 valence electrons. The summed E-state index contributed by atoms with van der Waals surface area (Å²) in [4.78, 5) is 12.2. The van der Waals surface area contributed by atoms with Crippen LogP contribution in [0.1, 0.15) is 24.2 Å². The average molecular weight is 330 g/mol. The highest BCUT2D eigenvalue weighted by Crippen LogP contribution is 2.22. The molecule has 0 saturated heterocycles. The van der Waals surface area contributed by atoms with Crippen molar-refractivity contribution < 1.29 is 14.3 Å². The number of methoxy groups -OCH3 is 2. The highest BCUT2D eigenvalue weighted by molar-refractivity contribution is 9.09. The van der Waals surface area contributed by atoms with E-state index in [0.717, 1.165) is 5.33 Å². The van der Waals surface area contributed by atoms with Crippen molar-refractivity contribution in [2.75, 3.05) is 19.5 Å². The van der Waals surface area contributed by atoms with Crippen LogP contribution in [0.5, 0.6) is 11.5 Å². The van der Waals surface area contributed by atoms with Gasteiger partial charge in [0.15, 0.2) is 0 Å². The minimum absolute atomic E-state index is 0.0877. The first-order chi connectivity index (χ1) is 9.01.